The number of hydrogen-bond acceptors (Lipinski definition) is 0. The topological polar surface area (TPSA) is 0 Å². The molecule has 1 aliphatic rings. The van der Waals surface area contributed by atoms with Gasteiger partial charge in [0.05, 0.1) is 0 Å². The Hall–Kier alpha value is -0.183. The third-order valence-corrected chi connectivity index (χ3v) is 2.75. The van der Waals surface area contributed by atoms with Crippen molar-refractivity contribution in [3.8, 4) is 0 Å². The molecule has 0 radical (unpaired) electrons. The molecular weight excluding hydrogens is 151 g/mol. The van der Waals surface area contributed by atoms with Gasteiger partial charge in [-0.25, -0.2) is 0 Å². The normalized spacial score (nSPS) is 26.8. The van der Waals surface area contributed by atoms with Crippen molar-refractivity contribution in [2.24, 2.45) is 5.92 Å². The van der Waals surface area contributed by atoms with Gasteiger partial charge in [-0.3, -0.25) is 0 Å². The van der Waals surface area contributed by atoms with Crippen LogP contribution in [0.15, 0.2) is 30.3 Å². The summed E-state index contributed by atoms with van der Waals surface area (Å²) >= 11 is 0. The molecule has 1 heteroatoms. The maximum Gasteiger partial charge on any atom is 1.00 e. The molecule has 1 aromatic carbocycles. The zero-order chi connectivity index (χ0) is 8.39. The van der Waals surface area contributed by atoms with E-state index in [0.717, 1.165) is 11.8 Å². The van der Waals surface area contributed by atoms with E-state index >= 15 is 0 Å². The molecule has 0 nitrogen and oxygen atoms in total. The van der Waals surface area contributed by atoms with Crippen molar-refractivity contribution in [3.05, 3.63) is 42.3 Å². The second-order valence-electron chi connectivity index (χ2n) is 3.79. The third-order valence-electron chi connectivity index (χ3n) is 2.75. The van der Waals surface area contributed by atoms with Crippen molar-refractivity contribution >= 4 is 0 Å². The van der Waals surface area contributed by atoms with E-state index in [1.165, 1.54) is 18.4 Å². The van der Waals surface area contributed by atoms with Gasteiger partial charge in [-0.15, -0.1) is 0 Å². The van der Waals surface area contributed by atoms with Gasteiger partial charge in [0.25, 0.3) is 0 Å². The Balaban J connectivity index is 0.000000845. The van der Waals surface area contributed by atoms with Crippen LogP contribution in [0.25, 0.3) is 0 Å². The predicted octanol–water partition coefficient (Wildman–Crippen LogP) is 0.408. The summed E-state index contributed by atoms with van der Waals surface area (Å²) in [6.07, 6.45) is 5.05. The van der Waals surface area contributed by atoms with Gasteiger partial charge in [0.1, 0.15) is 0 Å². The van der Waals surface area contributed by atoms with Crippen LogP contribution in [0.4, 0.5) is 0 Å². The molecule has 64 valence electrons. The molecule has 0 N–H and O–H groups in total. The Morgan fingerprint density at radius 1 is 1.23 bits per heavy atom. The fourth-order valence-corrected chi connectivity index (χ4v) is 2.04. The maximum absolute atomic E-state index is 2.44. The fraction of sp³-hybridized carbons (Fsp3) is 0.417. The summed E-state index contributed by atoms with van der Waals surface area (Å²) in [5.41, 5.74) is 1.51. The molecule has 0 aromatic heterocycles. The molecular formula is C12H15Li. The molecule has 0 amide bonds. The summed E-state index contributed by atoms with van der Waals surface area (Å²) in [5, 5.41) is 0. The average molecular weight is 166 g/mol. The van der Waals surface area contributed by atoms with Gasteiger partial charge in [0, 0.05) is 0 Å². The average Bonchev–Trinajstić information content (AvgIpc) is 2.54. The molecule has 0 aliphatic heterocycles. The van der Waals surface area contributed by atoms with Gasteiger partial charge in [-0.2, -0.15) is 12.3 Å². The molecule has 2 atom stereocenters. The van der Waals surface area contributed by atoms with Crippen LogP contribution in [0, 0.1) is 12.3 Å². The minimum atomic E-state index is 0. The van der Waals surface area contributed by atoms with Crippen LogP contribution < -0.4 is 18.9 Å². The Morgan fingerprint density at radius 3 is 2.46 bits per heavy atom. The summed E-state index contributed by atoms with van der Waals surface area (Å²) in [6, 6.07) is 10.9. The third kappa shape index (κ3) is 2.63. The Bertz CT molecular complexity index is 243. The van der Waals surface area contributed by atoms with E-state index in [4.69, 9.17) is 0 Å². The summed E-state index contributed by atoms with van der Waals surface area (Å²) in [6.45, 7) is 2.31. The zero-order valence-corrected chi connectivity index (χ0v) is 8.53. The van der Waals surface area contributed by atoms with Crippen molar-refractivity contribution in [2.75, 3.05) is 0 Å². The summed E-state index contributed by atoms with van der Waals surface area (Å²) in [5.74, 6) is 1.61. The molecule has 2 rings (SSSR count). The van der Waals surface area contributed by atoms with E-state index in [1.807, 2.05) is 0 Å². The summed E-state index contributed by atoms with van der Waals surface area (Å²) < 4.78 is 0. The molecule has 1 saturated carbocycles. The second-order valence-corrected chi connectivity index (χ2v) is 3.79. The quantitative estimate of drug-likeness (QED) is 0.418. The van der Waals surface area contributed by atoms with Crippen molar-refractivity contribution in [1.82, 2.24) is 0 Å². The molecule has 2 unspecified atom stereocenters. The Morgan fingerprint density at radius 2 is 1.92 bits per heavy atom. The summed E-state index contributed by atoms with van der Waals surface area (Å²) in [7, 11) is 0. The van der Waals surface area contributed by atoms with Gasteiger partial charge >= 0.3 is 18.9 Å². The molecule has 1 aliphatic carbocycles. The molecule has 1 fully saturated rings. The first-order chi connectivity index (χ1) is 5.86. The number of rotatable bonds is 1. The van der Waals surface area contributed by atoms with E-state index < -0.39 is 0 Å². The van der Waals surface area contributed by atoms with Gasteiger partial charge < -0.3 is 6.42 Å². The van der Waals surface area contributed by atoms with E-state index in [2.05, 4.69) is 43.7 Å². The van der Waals surface area contributed by atoms with E-state index in [-0.39, 0.29) is 18.9 Å². The van der Waals surface area contributed by atoms with Gasteiger partial charge in [-0.1, -0.05) is 43.7 Å². The van der Waals surface area contributed by atoms with Crippen LogP contribution in [0.3, 0.4) is 0 Å². The van der Waals surface area contributed by atoms with Gasteiger partial charge in [-0.05, 0) is 11.5 Å². The van der Waals surface area contributed by atoms with Crippen LogP contribution in [-0.4, -0.2) is 0 Å². The number of benzene rings is 1. The zero-order valence-electron chi connectivity index (χ0n) is 8.53. The summed E-state index contributed by atoms with van der Waals surface area (Å²) in [4.78, 5) is 0. The van der Waals surface area contributed by atoms with Gasteiger partial charge in [0.15, 0.2) is 0 Å². The van der Waals surface area contributed by atoms with Crippen molar-refractivity contribution < 1.29 is 18.9 Å². The van der Waals surface area contributed by atoms with Crippen LogP contribution in [-0.2, 0) is 0 Å². The number of hydrogen-bond donors (Lipinski definition) is 0. The first-order valence-corrected chi connectivity index (χ1v) is 4.74. The smallest absolute Gasteiger partial charge is 0.325 e. The van der Waals surface area contributed by atoms with Crippen LogP contribution >= 0.6 is 0 Å². The standard InChI is InChI=1S/C12H15.Li/c1-10-7-8-12(9-10)11-5-3-2-4-6-11;/h2-7,10,12H,8-9H2,1H3;/q-1;+1. The van der Waals surface area contributed by atoms with Gasteiger partial charge in [0.2, 0.25) is 0 Å². The van der Waals surface area contributed by atoms with Crippen molar-refractivity contribution in [2.45, 2.75) is 25.7 Å². The fourth-order valence-electron chi connectivity index (χ4n) is 2.04. The first kappa shape index (κ1) is 10.9. The maximum atomic E-state index is 2.44. The molecule has 1 aromatic rings. The van der Waals surface area contributed by atoms with E-state index in [1.54, 1.807) is 0 Å². The van der Waals surface area contributed by atoms with E-state index in [9.17, 15) is 0 Å². The van der Waals surface area contributed by atoms with Crippen LogP contribution in [0.2, 0.25) is 0 Å². The predicted molar refractivity (Wildman–Crippen MR) is 51.9 cm³/mol. The van der Waals surface area contributed by atoms with Crippen molar-refractivity contribution in [3.63, 3.8) is 0 Å². The monoisotopic (exact) mass is 166 g/mol. The SMILES string of the molecule is CC1[CH-]CC(c2ccccc2)C1.[Li+]. The van der Waals surface area contributed by atoms with Crippen LogP contribution in [0.5, 0.6) is 0 Å². The van der Waals surface area contributed by atoms with Crippen molar-refractivity contribution in [1.29, 1.82) is 0 Å². The molecule has 0 bridgehead atoms. The van der Waals surface area contributed by atoms with E-state index in [0.29, 0.717) is 0 Å². The Labute approximate surface area is 92.9 Å². The second kappa shape index (κ2) is 4.89. The Kier molecular flexibility index (Phi) is 4.10. The molecule has 0 spiro atoms. The minimum absolute atomic E-state index is 0. The molecule has 0 saturated heterocycles. The largest absolute Gasteiger partial charge is 1.00 e. The molecule has 0 heterocycles. The first-order valence-electron chi connectivity index (χ1n) is 4.74. The van der Waals surface area contributed by atoms with Crippen LogP contribution in [0.1, 0.15) is 31.2 Å². The minimum Gasteiger partial charge on any atom is -0.325 e. The molecule has 13 heavy (non-hydrogen) atoms.